The number of nitrogens with zero attached hydrogens (tertiary/aromatic N) is 2. The molecule has 52 heavy (non-hydrogen) atoms. The molecule has 1 aromatic heterocycles. The van der Waals surface area contributed by atoms with Crippen LogP contribution in [0.3, 0.4) is 0 Å². The summed E-state index contributed by atoms with van der Waals surface area (Å²) in [5, 5.41) is 6.37. The molecule has 3 aliphatic rings. The van der Waals surface area contributed by atoms with Crippen LogP contribution in [0.5, 0.6) is 11.6 Å². The summed E-state index contributed by atoms with van der Waals surface area (Å²) in [7, 11) is -2.38. The largest absolute Gasteiger partial charge is 0.497 e. The Balaban J connectivity index is 1.26. The molecule has 6 rings (SSSR count). The topological polar surface area (TPSA) is 182 Å². The van der Waals surface area contributed by atoms with Crippen LogP contribution in [-0.4, -0.2) is 84.8 Å². The number of anilines is 1. The van der Waals surface area contributed by atoms with E-state index in [4.69, 9.17) is 14.2 Å². The molecular formula is C37H43N5O9S. The molecule has 2 aromatic carbocycles. The first-order valence-corrected chi connectivity index (χ1v) is 18.6. The minimum absolute atomic E-state index is 0.00814. The molecule has 1 aliphatic heterocycles. The fourth-order valence-electron chi connectivity index (χ4n) is 6.41. The maximum absolute atomic E-state index is 14.5. The van der Waals surface area contributed by atoms with Crippen LogP contribution in [0.2, 0.25) is 0 Å². The summed E-state index contributed by atoms with van der Waals surface area (Å²) in [4.78, 5) is 61.0. The number of amides is 4. The van der Waals surface area contributed by atoms with Gasteiger partial charge in [-0.05, 0) is 61.0 Å². The molecule has 276 valence electrons. The zero-order valence-electron chi connectivity index (χ0n) is 29.5. The molecule has 3 fully saturated rings. The van der Waals surface area contributed by atoms with Crippen LogP contribution in [0.25, 0.3) is 10.8 Å². The van der Waals surface area contributed by atoms with Gasteiger partial charge in [0.2, 0.25) is 21.8 Å². The molecular weight excluding hydrogens is 691 g/mol. The van der Waals surface area contributed by atoms with Crippen molar-refractivity contribution in [2.75, 3.05) is 19.0 Å². The van der Waals surface area contributed by atoms with Crippen LogP contribution in [-0.2, 0) is 29.1 Å². The summed E-state index contributed by atoms with van der Waals surface area (Å²) in [6, 6.07) is 14.7. The number of aromatic nitrogens is 1. The van der Waals surface area contributed by atoms with E-state index in [0.29, 0.717) is 30.2 Å². The minimum Gasteiger partial charge on any atom is -0.497 e. The molecule has 0 unspecified atom stereocenters. The van der Waals surface area contributed by atoms with Crippen molar-refractivity contribution in [3.05, 3.63) is 73.4 Å². The van der Waals surface area contributed by atoms with E-state index in [9.17, 15) is 27.6 Å². The molecule has 4 amide bonds. The highest BCUT2D eigenvalue weighted by Crippen LogP contribution is 2.45. The molecule has 2 heterocycles. The predicted octanol–water partition coefficient (Wildman–Crippen LogP) is 3.92. The van der Waals surface area contributed by atoms with Crippen molar-refractivity contribution in [2.24, 2.45) is 11.3 Å². The van der Waals surface area contributed by atoms with Crippen LogP contribution in [0.4, 0.5) is 10.5 Å². The number of nitrogens with one attached hydrogen (secondary N) is 3. The second-order valence-electron chi connectivity index (χ2n) is 14.5. The highest BCUT2D eigenvalue weighted by atomic mass is 32.2. The van der Waals surface area contributed by atoms with Crippen molar-refractivity contribution in [3.8, 4) is 11.6 Å². The number of methoxy groups -OCH3 is 1. The summed E-state index contributed by atoms with van der Waals surface area (Å²) in [6.45, 7) is 8.88. The van der Waals surface area contributed by atoms with Gasteiger partial charge in [0.1, 0.15) is 23.4 Å². The van der Waals surface area contributed by atoms with E-state index in [1.54, 1.807) is 51.2 Å². The molecule has 15 heteroatoms. The summed E-state index contributed by atoms with van der Waals surface area (Å²) in [6.07, 6.45) is 1.19. The van der Waals surface area contributed by atoms with Crippen molar-refractivity contribution in [1.29, 1.82) is 0 Å². The van der Waals surface area contributed by atoms with Gasteiger partial charge in [0.25, 0.3) is 11.8 Å². The Hall–Kier alpha value is -5.18. The lowest BCUT2D eigenvalue weighted by Gasteiger charge is -2.34. The van der Waals surface area contributed by atoms with E-state index in [0.717, 1.165) is 10.8 Å². The van der Waals surface area contributed by atoms with Gasteiger partial charge >= 0.3 is 6.09 Å². The van der Waals surface area contributed by atoms with Crippen molar-refractivity contribution >= 4 is 50.3 Å². The number of carbonyl (C=O) groups is 4. The Morgan fingerprint density at radius 2 is 1.77 bits per heavy atom. The Bertz CT molecular complexity index is 1990. The maximum Gasteiger partial charge on any atom is 0.412 e. The first-order chi connectivity index (χ1) is 24.6. The van der Waals surface area contributed by atoms with Crippen LogP contribution >= 0.6 is 0 Å². The number of hydrogen-bond acceptors (Lipinski definition) is 10. The molecule has 3 N–H and O–H groups in total. The van der Waals surface area contributed by atoms with Gasteiger partial charge in [0, 0.05) is 35.0 Å². The lowest BCUT2D eigenvalue weighted by atomic mass is 9.88. The van der Waals surface area contributed by atoms with Gasteiger partial charge in [0.05, 0.1) is 18.9 Å². The van der Waals surface area contributed by atoms with Crippen LogP contribution in [0.15, 0.2) is 73.4 Å². The number of rotatable bonds is 12. The molecule has 5 atom stereocenters. The highest BCUT2D eigenvalue weighted by Gasteiger charge is 2.62. The van der Waals surface area contributed by atoms with Crippen LogP contribution < -0.4 is 24.8 Å². The number of benzene rings is 2. The van der Waals surface area contributed by atoms with E-state index in [2.05, 4.69) is 26.9 Å². The Kier molecular flexibility index (Phi) is 9.92. The standard InChI is InChI=1S/C37H43N5O9S/c1-6-23-20-37(23,34(45)41-52(47,48)27-15-16-27)40-31(43)29-19-26(50-32-28-10-8-7-9-22(28)17-18-38-32)21-42(29)33(44)30(36(2,3)4)51-35(46)39-24-11-13-25(49-5)14-12-24/h6-14,17-18,23,26-27,29-30H,1,15-16,19-21H2,2-5H3,(H,39,46)(H,40,43)(H,41,45)/t23-,26-,29+,30-,37-/m1/s1. The number of pyridine rings is 1. The van der Waals surface area contributed by atoms with E-state index >= 15 is 0 Å². The van der Waals surface area contributed by atoms with Crippen molar-refractivity contribution in [2.45, 2.75) is 75.5 Å². The fourth-order valence-corrected chi connectivity index (χ4v) is 7.78. The summed E-state index contributed by atoms with van der Waals surface area (Å²) < 4.78 is 44.7. The summed E-state index contributed by atoms with van der Waals surface area (Å²) >= 11 is 0. The van der Waals surface area contributed by atoms with Crippen LogP contribution in [0.1, 0.15) is 46.5 Å². The average Bonchev–Trinajstić information content (AvgIpc) is 4.04. The summed E-state index contributed by atoms with van der Waals surface area (Å²) in [5.41, 5.74) is -2.08. The van der Waals surface area contributed by atoms with Gasteiger partial charge in [-0.15, -0.1) is 6.58 Å². The van der Waals surface area contributed by atoms with Gasteiger partial charge in [0.15, 0.2) is 6.10 Å². The monoisotopic (exact) mass is 733 g/mol. The molecule has 3 aromatic rings. The van der Waals surface area contributed by atoms with E-state index < -0.39 is 74.2 Å². The van der Waals surface area contributed by atoms with E-state index in [1.165, 1.54) is 18.1 Å². The number of hydrogen-bond donors (Lipinski definition) is 3. The first kappa shape index (κ1) is 36.6. The lowest BCUT2D eigenvalue weighted by molar-refractivity contribution is -0.150. The SMILES string of the molecule is C=C[C@@H]1C[C@]1(NC(=O)[C@@H]1C[C@@H](Oc2nccc3ccccc23)CN1C(=O)[C@@H](OC(=O)Nc1ccc(OC)cc1)C(C)(C)C)C(=O)NS(=O)(=O)C1CC1. The molecule has 0 spiro atoms. The molecule has 1 saturated heterocycles. The Morgan fingerprint density at radius 3 is 2.40 bits per heavy atom. The fraction of sp³-hybridized carbons (Fsp3) is 0.432. The third-order valence-electron chi connectivity index (χ3n) is 9.58. The van der Waals surface area contributed by atoms with Gasteiger partial charge in [-0.2, -0.15) is 0 Å². The molecule has 0 radical (unpaired) electrons. The third-order valence-corrected chi connectivity index (χ3v) is 11.4. The van der Waals surface area contributed by atoms with Crippen molar-refractivity contribution in [3.63, 3.8) is 0 Å². The Morgan fingerprint density at radius 1 is 1.06 bits per heavy atom. The van der Waals surface area contributed by atoms with Gasteiger partial charge in [-0.1, -0.05) is 45.0 Å². The normalized spacial score (nSPS) is 23.2. The number of fused-ring (bicyclic) bond motifs is 1. The van der Waals surface area contributed by atoms with Gasteiger partial charge < -0.3 is 24.4 Å². The number of likely N-dealkylation sites (tertiary alicyclic amines) is 1. The molecule has 2 saturated carbocycles. The Labute approximate surface area is 302 Å². The molecule has 0 bridgehead atoms. The quantitative estimate of drug-likeness (QED) is 0.231. The van der Waals surface area contributed by atoms with Crippen molar-refractivity contribution < 1.29 is 41.8 Å². The second kappa shape index (κ2) is 14.1. The van der Waals surface area contributed by atoms with Gasteiger partial charge in [-0.3, -0.25) is 24.4 Å². The first-order valence-electron chi connectivity index (χ1n) is 17.1. The van der Waals surface area contributed by atoms with E-state index in [-0.39, 0.29) is 19.4 Å². The predicted molar refractivity (Wildman–Crippen MR) is 192 cm³/mol. The third kappa shape index (κ3) is 7.69. The second-order valence-corrected chi connectivity index (χ2v) is 16.5. The van der Waals surface area contributed by atoms with Crippen molar-refractivity contribution in [1.82, 2.24) is 19.9 Å². The zero-order chi connectivity index (χ0) is 37.4. The van der Waals surface area contributed by atoms with E-state index in [1.807, 2.05) is 30.3 Å². The number of ether oxygens (including phenoxy) is 3. The average molecular weight is 734 g/mol. The minimum atomic E-state index is -3.90. The maximum atomic E-state index is 14.5. The summed E-state index contributed by atoms with van der Waals surface area (Å²) in [5.74, 6) is -1.83. The molecule has 2 aliphatic carbocycles. The van der Waals surface area contributed by atoms with Crippen LogP contribution in [0, 0.1) is 11.3 Å². The highest BCUT2D eigenvalue weighted by molar-refractivity contribution is 7.91. The lowest BCUT2D eigenvalue weighted by Crippen LogP contribution is -2.58. The smallest absolute Gasteiger partial charge is 0.412 e. The number of sulfonamides is 1. The number of carbonyl (C=O) groups excluding carboxylic acids is 4. The zero-order valence-corrected chi connectivity index (χ0v) is 30.3. The molecule has 14 nitrogen and oxygen atoms in total. The van der Waals surface area contributed by atoms with Gasteiger partial charge in [-0.25, -0.2) is 18.2 Å².